The van der Waals surface area contributed by atoms with Gasteiger partial charge in [-0.15, -0.1) is 0 Å². The van der Waals surface area contributed by atoms with Crippen molar-refractivity contribution >= 4 is 21.6 Å². The zero-order chi connectivity index (χ0) is 16.2. The molecule has 0 radical (unpaired) electrons. The maximum absolute atomic E-state index is 13.8. The fourth-order valence-electron chi connectivity index (χ4n) is 1.89. The number of halogens is 2. The molecule has 0 aromatic heterocycles. The number of nitrogens with two attached hydrogens (primary N) is 1. The third kappa shape index (κ3) is 4.14. The van der Waals surface area contributed by atoms with Gasteiger partial charge in [-0.3, -0.25) is 0 Å². The van der Waals surface area contributed by atoms with E-state index in [1.54, 1.807) is 13.8 Å². The Kier molecular flexibility index (Phi) is 6.55. The van der Waals surface area contributed by atoms with Crippen molar-refractivity contribution in [1.82, 2.24) is 4.31 Å². The van der Waals surface area contributed by atoms with E-state index >= 15 is 0 Å². The van der Waals surface area contributed by atoms with Crippen LogP contribution in [0.2, 0.25) is 5.02 Å². The highest BCUT2D eigenvalue weighted by molar-refractivity contribution is 7.89. The average Bonchev–Trinajstić information content (AvgIpc) is 2.41. The van der Waals surface area contributed by atoms with Gasteiger partial charge in [0.25, 0.3) is 0 Å². The highest BCUT2D eigenvalue weighted by Crippen LogP contribution is 2.26. The standard InChI is InChI=1S/C13H20ClFN2O3S/c1-9(2)17(4-5-20-3)21(18,19)11-6-10(8-16)13(14)12(15)7-11/h6-7,9H,4-5,8,16H2,1-3H3. The molecule has 0 saturated carbocycles. The minimum atomic E-state index is -3.85. The maximum Gasteiger partial charge on any atom is 0.243 e. The molecule has 21 heavy (non-hydrogen) atoms. The molecule has 0 fully saturated rings. The fraction of sp³-hybridized carbons (Fsp3) is 0.538. The van der Waals surface area contributed by atoms with E-state index in [2.05, 4.69) is 0 Å². The van der Waals surface area contributed by atoms with Crippen molar-refractivity contribution in [3.63, 3.8) is 0 Å². The monoisotopic (exact) mass is 338 g/mol. The second-order valence-electron chi connectivity index (χ2n) is 4.78. The van der Waals surface area contributed by atoms with E-state index in [1.807, 2.05) is 0 Å². The van der Waals surface area contributed by atoms with Gasteiger partial charge in [-0.2, -0.15) is 4.31 Å². The van der Waals surface area contributed by atoms with Crippen LogP contribution in [0.5, 0.6) is 0 Å². The van der Waals surface area contributed by atoms with Gasteiger partial charge in [0.15, 0.2) is 0 Å². The van der Waals surface area contributed by atoms with Crippen molar-refractivity contribution in [2.75, 3.05) is 20.3 Å². The summed E-state index contributed by atoms with van der Waals surface area (Å²) in [6, 6.07) is 1.94. The number of nitrogens with zero attached hydrogens (tertiary/aromatic N) is 1. The highest BCUT2D eigenvalue weighted by Gasteiger charge is 2.28. The van der Waals surface area contributed by atoms with Crippen LogP contribution in [0.1, 0.15) is 19.4 Å². The van der Waals surface area contributed by atoms with Crippen molar-refractivity contribution < 1.29 is 17.5 Å². The zero-order valence-corrected chi connectivity index (χ0v) is 13.8. The summed E-state index contributed by atoms with van der Waals surface area (Å²) in [5.74, 6) is -0.798. The van der Waals surface area contributed by atoms with Crippen LogP contribution in [0, 0.1) is 5.82 Å². The number of ether oxygens (including phenoxy) is 1. The average molecular weight is 339 g/mol. The van der Waals surface area contributed by atoms with Gasteiger partial charge in [-0.05, 0) is 31.5 Å². The number of methoxy groups -OCH3 is 1. The molecule has 1 rings (SSSR count). The first-order chi connectivity index (χ1) is 9.75. The van der Waals surface area contributed by atoms with Gasteiger partial charge in [-0.1, -0.05) is 11.6 Å². The molecule has 0 aliphatic rings. The number of hydrogen-bond donors (Lipinski definition) is 1. The van der Waals surface area contributed by atoms with E-state index in [-0.39, 0.29) is 41.2 Å². The topological polar surface area (TPSA) is 72.6 Å². The van der Waals surface area contributed by atoms with E-state index in [0.717, 1.165) is 6.07 Å². The van der Waals surface area contributed by atoms with Gasteiger partial charge in [-0.25, -0.2) is 12.8 Å². The van der Waals surface area contributed by atoms with Crippen molar-refractivity contribution in [3.8, 4) is 0 Å². The molecule has 5 nitrogen and oxygen atoms in total. The molecule has 0 unspecified atom stereocenters. The van der Waals surface area contributed by atoms with E-state index < -0.39 is 15.8 Å². The second kappa shape index (κ2) is 7.51. The largest absolute Gasteiger partial charge is 0.383 e. The molecule has 0 bridgehead atoms. The fourth-order valence-corrected chi connectivity index (χ4v) is 3.76. The summed E-state index contributed by atoms with van der Waals surface area (Å²) in [5.41, 5.74) is 5.72. The van der Waals surface area contributed by atoms with Crippen molar-refractivity contribution in [2.45, 2.75) is 31.3 Å². The minimum absolute atomic E-state index is 0.0428. The first kappa shape index (κ1) is 18.3. The first-order valence-electron chi connectivity index (χ1n) is 6.44. The lowest BCUT2D eigenvalue weighted by Gasteiger charge is -2.26. The Morgan fingerprint density at radius 2 is 2.05 bits per heavy atom. The summed E-state index contributed by atoms with van der Waals surface area (Å²) in [6.07, 6.45) is 0. The van der Waals surface area contributed by atoms with Gasteiger partial charge < -0.3 is 10.5 Å². The lowest BCUT2D eigenvalue weighted by Crippen LogP contribution is -2.39. The summed E-state index contributed by atoms with van der Waals surface area (Å²) in [7, 11) is -2.36. The van der Waals surface area contributed by atoms with Crippen LogP contribution in [-0.4, -0.2) is 39.0 Å². The quantitative estimate of drug-likeness (QED) is 0.825. The summed E-state index contributed by atoms with van der Waals surface area (Å²) >= 11 is 5.76. The Labute approximate surface area is 129 Å². The highest BCUT2D eigenvalue weighted by atomic mass is 35.5. The molecule has 2 N–H and O–H groups in total. The van der Waals surface area contributed by atoms with Crippen molar-refractivity contribution in [1.29, 1.82) is 0 Å². The Hall–Kier alpha value is -0.730. The van der Waals surface area contributed by atoms with Crippen molar-refractivity contribution in [3.05, 3.63) is 28.5 Å². The van der Waals surface area contributed by atoms with Crippen LogP contribution in [0.4, 0.5) is 4.39 Å². The van der Waals surface area contributed by atoms with E-state index in [9.17, 15) is 12.8 Å². The Morgan fingerprint density at radius 3 is 2.52 bits per heavy atom. The molecule has 0 spiro atoms. The van der Waals surface area contributed by atoms with Crippen LogP contribution in [-0.2, 0) is 21.3 Å². The number of rotatable bonds is 7. The second-order valence-corrected chi connectivity index (χ2v) is 7.05. The molecule has 0 heterocycles. The molecule has 0 aliphatic carbocycles. The minimum Gasteiger partial charge on any atom is -0.383 e. The van der Waals surface area contributed by atoms with Gasteiger partial charge in [0.1, 0.15) is 5.82 Å². The molecule has 1 aromatic carbocycles. The molecular formula is C13H20ClFN2O3S. The third-order valence-corrected chi connectivity index (χ3v) is 5.47. The zero-order valence-electron chi connectivity index (χ0n) is 12.3. The predicted octanol–water partition coefficient (Wildman–Crippen LogP) is 1.98. The van der Waals surface area contributed by atoms with Crippen molar-refractivity contribution in [2.24, 2.45) is 5.73 Å². The Bertz CT molecular complexity index is 593. The summed E-state index contributed by atoms with van der Waals surface area (Å²) in [4.78, 5) is -0.158. The number of sulfonamides is 1. The normalized spacial score (nSPS) is 12.4. The lowest BCUT2D eigenvalue weighted by molar-refractivity contribution is 0.171. The molecule has 1 aromatic rings. The van der Waals surface area contributed by atoms with Gasteiger partial charge >= 0.3 is 0 Å². The SMILES string of the molecule is COCCN(C(C)C)S(=O)(=O)c1cc(F)c(Cl)c(CN)c1. The van der Waals surface area contributed by atoms with Crippen LogP contribution >= 0.6 is 11.6 Å². The molecule has 0 saturated heterocycles. The number of benzene rings is 1. The van der Waals surface area contributed by atoms with Crippen LogP contribution in [0.3, 0.4) is 0 Å². The van der Waals surface area contributed by atoms with Gasteiger partial charge in [0, 0.05) is 26.2 Å². The third-order valence-electron chi connectivity index (χ3n) is 3.00. The van der Waals surface area contributed by atoms with Gasteiger partial charge in [0.05, 0.1) is 16.5 Å². The molecule has 8 heteroatoms. The maximum atomic E-state index is 13.8. The lowest BCUT2D eigenvalue weighted by atomic mass is 10.2. The molecule has 120 valence electrons. The molecular weight excluding hydrogens is 319 g/mol. The first-order valence-corrected chi connectivity index (χ1v) is 8.26. The van der Waals surface area contributed by atoms with Crippen LogP contribution in [0.25, 0.3) is 0 Å². The summed E-state index contributed by atoms with van der Waals surface area (Å²) in [5, 5.41) is -0.149. The molecule has 0 aliphatic heterocycles. The van der Waals surface area contributed by atoms with Gasteiger partial charge in [0.2, 0.25) is 10.0 Å². The molecule has 0 atom stereocenters. The van der Waals surface area contributed by atoms with Crippen LogP contribution < -0.4 is 5.73 Å². The van der Waals surface area contributed by atoms with E-state index in [4.69, 9.17) is 22.1 Å². The van der Waals surface area contributed by atoms with E-state index in [0.29, 0.717) is 0 Å². The smallest absolute Gasteiger partial charge is 0.243 e. The Morgan fingerprint density at radius 1 is 1.43 bits per heavy atom. The molecule has 0 amide bonds. The summed E-state index contributed by atoms with van der Waals surface area (Å²) < 4.78 is 45.2. The van der Waals surface area contributed by atoms with E-state index in [1.165, 1.54) is 17.5 Å². The predicted molar refractivity (Wildman–Crippen MR) is 80.2 cm³/mol. The van der Waals surface area contributed by atoms with Crippen LogP contribution in [0.15, 0.2) is 17.0 Å². The summed E-state index contributed by atoms with van der Waals surface area (Å²) in [6.45, 7) is 3.86. The number of hydrogen-bond acceptors (Lipinski definition) is 4. The Balaban J connectivity index is 3.31.